The molecule has 2 aromatic rings. The van der Waals surface area contributed by atoms with Gasteiger partial charge in [0.05, 0.1) is 12.2 Å². The van der Waals surface area contributed by atoms with E-state index < -0.39 is 0 Å². The molecule has 1 aromatic carbocycles. The Morgan fingerprint density at radius 3 is 2.64 bits per heavy atom. The minimum absolute atomic E-state index is 0.187. The van der Waals surface area contributed by atoms with E-state index in [0.29, 0.717) is 11.8 Å². The average molecular weight is 299 g/mol. The highest BCUT2D eigenvalue weighted by molar-refractivity contribution is 5.37. The van der Waals surface area contributed by atoms with Gasteiger partial charge >= 0.3 is 0 Å². The zero-order valence-corrected chi connectivity index (χ0v) is 12.8. The van der Waals surface area contributed by atoms with Crippen molar-refractivity contribution in [3.8, 4) is 0 Å². The lowest BCUT2D eigenvalue weighted by Crippen LogP contribution is -2.20. The molecule has 2 N–H and O–H groups in total. The maximum Gasteiger partial charge on any atom is 0.123 e. The second-order valence-electron chi connectivity index (χ2n) is 6.63. The summed E-state index contributed by atoms with van der Waals surface area (Å²) in [6, 6.07) is 6.75. The van der Waals surface area contributed by atoms with E-state index in [2.05, 4.69) is 4.68 Å². The summed E-state index contributed by atoms with van der Waals surface area (Å²) in [6.07, 6.45) is 5.99. The molecule has 0 amide bonds. The van der Waals surface area contributed by atoms with Crippen LogP contribution in [0.5, 0.6) is 0 Å². The molecule has 1 aromatic heterocycles. The highest BCUT2D eigenvalue weighted by Gasteiger charge is 2.35. The first-order valence-corrected chi connectivity index (χ1v) is 8.30. The minimum atomic E-state index is -0.187. The fourth-order valence-electron chi connectivity index (χ4n) is 3.69. The number of hydrogen-bond acceptors (Lipinski definition) is 2. The Morgan fingerprint density at radius 1 is 1.18 bits per heavy atom. The molecule has 4 rings (SSSR count). The van der Waals surface area contributed by atoms with Gasteiger partial charge in [-0.05, 0) is 62.3 Å². The van der Waals surface area contributed by atoms with Crippen LogP contribution in [0.15, 0.2) is 24.3 Å². The van der Waals surface area contributed by atoms with Crippen LogP contribution in [0.2, 0.25) is 0 Å². The van der Waals surface area contributed by atoms with Crippen LogP contribution in [-0.2, 0) is 13.0 Å². The molecule has 0 saturated heterocycles. The van der Waals surface area contributed by atoms with Crippen molar-refractivity contribution in [3.05, 3.63) is 52.6 Å². The molecule has 1 fully saturated rings. The molecular weight excluding hydrogens is 277 g/mol. The Bertz CT molecular complexity index is 670. The van der Waals surface area contributed by atoms with Gasteiger partial charge in [0, 0.05) is 17.2 Å². The largest absolute Gasteiger partial charge is 0.330 e. The van der Waals surface area contributed by atoms with Crippen molar-refractivity contribution in [1.82, 2.24) is 9.78 Å². The second-order valence-corrected chi connectivity index (χ2v) is 6.63. The van der Waals surface area contributed by atoms with Gasteiger partial charge in [0.25, 0.3) is 0 Å². The third kappa shape index (κ3) is 2.45. The molecule has 2 aliphatic rings. The standard InChI is InChI=1S/C18H22FN3/c19-15-8-4-12(5-9-15)11-22-16-3-1-2-14(10-20)17(16)18(21-22)13-6-7-13/h4-5,8-9,13-14H,1-3,6-7,10-11,20H2. The Morgan fingerprint density at radius 2 is 1.95 bits per heavy atom. The Hall–Kier alpha value is -1.68. The summed E-state index contributed by atoms with van der Waals surface area (Å²) in [5.74, 6) is 0.935. The van der Waals surface area contributed by atoms with Gasteiger partial charge in [-0.2, -0.15) is 5.10 Å². The molecule has 1 unspecified atom stereocenters. The predicted octanol–water partition coefficient (Wildman–Crippen LogP) is 3.33. The number of nitrogens with zero attached hydrogens (tertiary/aromatic N) is 2. The van der Waals surface area contributed by atoms with Crippen molar-refractivity contribution in [2.24, 2.45) is 5.73 Å². The quantitative estimate of drug-likeness (QED) is 0.941. The van der Waals surface area contributed by atoms with Gasteiger partial charge in [-0.3, -0.25) is 4.68 Å². The third-order valence-corrected chi connectivity index (χ3v) is 5.00. The van der Waals surface area contributed by atoms with Crippen LogP contribution < -0.4 is 5.73 Å². The van der Waals surface area contributed by atoms with Gasteiger partial charge in [-0.1, -0.05) is 12.1 Å². The predicted molar refractivity (Wildman–Crippen MR) is 84.4 cm³/mol. The molecule has 2 aliphatic carbocycles. The summed E-state index contributed by atoms with van der Waals surface area (Å²) >= 11 is 0. The minimum Gasteiger partial charge on any atom is -0.330 e. The van der Waals surface area contributed by atoms with E-state index in [4.69, 9.17) is 10.8 Å². The fourth-order valence-corrected chi connectivity index (χ4v) is 3.69. The Kier molecular flexibility index (Phi) is 3.49. The highest BCUT2D eigenvalue weighted by Crippen LogP contribution is 2.46. The normalized spacial score (nSPS) is 20.9. The van der Waals surface area contributed by atoms with E-state index in [1.54, 1.807) is 0 Å². The number of hydrogen-bond donors (Lipinski definition) is 1. The molecule has 22 heavy (non-hydrogen) atoms. The molecule has 3 nitrogen and oxygen atoms in total. The summed E-state index contributed by atoms with van der Waals surface area (Å²) in [5.41, 5.74) is 11.2. The van der Waals surface area contributed by atoms with Gasteiger partial charge in [0.1, 0.15) is 5.82 Å². The van der Waals surface area contributed by atoms with Crippen molar-refractivity contribution in [2.45, 2.75) is 50.5 Å². The summed E-state index contributed by atoms with van der Waals surface area (Å²) in [4.78, 5) is 0. The number of halogens is 1. The van der Waals surface area contributed by atoms with Gasteiger partial charge in [-0.15, -0.1) is 0 Å². The average Bonchev–Trinajstić information content (AvgIpc) is 3.32. The zero-order chi connectivity index (χ0) is 15.1. The molecule has 1 atom stereocenters. The van der Waals surface area contributed by atoms with E-state index in [-0.39, 0.29) is 5.82 Å². The molecule has 1 saturated carbocycles. The maximum atomic E-state index is 13.1. The molecule has 0 spiro atoms. The second kappa shape index (κ2) is 5.51. The van der Waals surface area contributed by atoms with E-state index in [0.717, 1.165) is 25.1 Å². The zero-order valence-electron chi connectivity index (χ0n) is 12.8. The number of rotatable bonds is 4. The molecule has 0 aliphatic heterocycles. The molecule has 116 valence electrons. The van der Waals surface area contributed by atoms with Crippen LogP contribution in [0.25, 0.3) is 0 Å². The van der Waals surface area contributed by atoms with Crippen molar-refractivity contribution in [1.29, 1.82) is 0 Å². The molecular formula is C18H22FN3. The van der Waals surface area contributed by atoms with Gasteiger partial charge in [-0.25, -0.2) is 4.39 Å². The van der Waals surface area contributed by atoms with Crippen molar-refractivity contribution in [3.63, 3.8) is 0 Å². The number of nitrogens with two attached hydrogens (primary N) is 1. The molecule has 0 bridgehead atoms. The van der Waals surface area contributed by atoms with Gasteiger partial charge < -0.3 is 5.73 Å². The van der Waals surface area contributed by atoms with Crippen LogP contribution in [-0.4, -0.2) is 16.3 Å². The molecule has 1 heterocycles. The summed E-state index contributed by atoms with van der Waals surface area (Å²) in [6.45, 7) is 1.45. The van der Waals surface area contributed by atoms with Crippen molar-refractivity contribution >= 4 is 0 Å². The highest BCUT2D eigenvalue weighted by atomic mass is 19.1. The topological polar surface area (TPSA) is 43.8 Å². The summed E-state index contributed by atoms with van der Waals surface area (Å²) < 4.78 is 15.2. The lowest BCUT2D eigenvalue weighted by Gasteiger charge is -2.23. The smallest absolute Gasteiger partial charge is 0.123 e. The van der Waals surface area contributed by atoms with Crippen molar-refractivity contribution in [2.75, 3.05) is 6.54 Å². The van der Waals surface area contributed by atoms with Gasteiger partial charge in [0.15, 0.2) is 0 Å². The van der Waals surface area contributed by atoms with Crippen LogP contribution in [0.4, 0.5) is 4.39 Å². The number of fused-ring (bicyclic) bond motifs is 1. The maximum absolute atomic E-state index is 13.1. The number of aromatic nitrogens is 2. The van der Waals surface area contributed by atoms with Crippen LogP contribution in [0, 0.1) is 5.82 Å². The van der Waals surface area contributed by atoms with E-state index >= 15 is 0 Å². The first-order valence-electron chi connectivity index (χ1n) is 8.30. The van der Waals surface area contributed by atoms with Crippen LogP contribution in [0.1, 0.15) is 60.0 Å². The molecule has 4 heteroatoms. The SMILES string of the molecule is NCC1CCCc2c1c(C1CC1)nn2Cc1ccc(F)cc1. The summed E-state index contributed by atoms with van der Waals surface area (Å²) in [5, 5.41) is 4.94. The fraction of sp³-hybridized carbons (Fsp3) is 0.500. The van der Waals surface area contributed by atoms with E-state index in [9.17, 15) is 4.39 Å². The molecule has 0 radical (unpaired) electrons. The first kappa shape index (κ1) is 13.9. The Labute approximate surface area is 130 Å². The Balaban J connectivity index is 1.71. The lowest BCUT2D eigenvalue weighted by atomic mass is 9.84. The van der Waals surface area contributed by atoms with Crippen LogP contribution >= 0.6 is 0 Å². The van der Waals surface area contributed by atoms with Crippen molar-refractivity contribution < 1.29 is 4.39 Å². The number of benzene rings is 1. The third-order valence-electron chi connectivity index (χ3n) is 5.00. The lowest BCUT2D eigenvalue weighted by molar-refractivity contribution is 0.531. The van der Waals surface area contributed by atoms with Crippen LogP contribution in [0.3, 0.4) is 0 Å². The monoisotopic (exact) mass is 299 g/mol. The van der Waals surface area contributed by atoms with Gasteiger partial charge in [0.2, 0.25) is 0 Å². The summed E-state index contributed by atoms with van der Waals surface area (Å²) in [7, 11) is 0. The first-order chi connectivity index (χ1) is 10.8. The van der Waals surface area contributed by atoms with E-state index in [1.165, 1.54) is 54.8 Å². The van der Waals surface area contributed by atoms with E-state index in [1.807, 2.05) is 12.1 Å².